The Morgan fingerprint density at radius 2 is 1.71 bits per heavy atom. The highest BCUT2D eigenvalue weighted by Gasteiger charge is 2.02. The van der Waals surface area contributed by atoms with Crippen LogP contribution >= 0.6 is 0 Å². The van der Waals surface area contributed by atoms with Crippen LogP contribution in [-0.4, -0.2) is 14.2 Å². The molecule has 0 radical (unpaired) electrons. The molecule has 4 heteroatoms. The van der Waals surface area contributed by atoms with Crippen LogP contribution in [0.15, 0.2) is 42.7 Å². The standard InChI is InChI=1S/C17H20NO2.HI/c1-4-18-11-9-14(10-12-18)5-6-15-7-8-16(19-2)13-17(15)20-3;/h5-13H,4H2,1-3H3;1H/q+1;/p-1/b6-5+;. The number of hydrogen-bond donors (Lipinski definition) is 0. The van der Waals surface area contributed by atoms with E-state index in [-0.39, 0.29) is 24.0 Å². The summed E-state index contributed by atoms with van der Waals surface area (Å²) < 4.78 is 12.7. The van der Waals surface area contributed by atoms with Crippen LogP contribution in [0.25, 0.3) is 12.2 Å². The lowest BCUT2D eigenvalue weighted by Gasteiger charge is -2.07. The summed E-state index contributed by atoms with van der Waals surface area (Å²) in [5.41, 5.74) is 2.19. The van der Waals surface area contributed by atoms with Crippen molar-refractivity contribution in [1.29, 1.82) is 0 Å². The average molecular weight is 397 g/mol. The van der Waals surface area contributed by atoms with Gasteiger partial charge in [-0.2, -0.15) is 0 Å². The summed E-state index contributed by atoms with van der Waals surface area (Å²) in [4.78, 5) is 0. The fraction of sp³-hybridized carbons (Fsp3) is 0.235. The SMILES string of the molecule is CC[n+]1ccc(/C=C/c2ccc(OC)cc2OC)cc1.[I-]. The molecule has 3 nitrogen and oxygen atoms in total. The Hall–Kier alpha value is -1.56. The molecule has 0 amide bonds. The summed E-state index contributed by atoms with van der Waals surface area (Å²) in [6.45, 7) is 3.11. The van der Waals surface area contributed by atoms with E-state index in [1.165, 1.54) is 0 Å². The summed E-state index contributed by atoms with van der Waals surface area (Å²) in [6, 6.07) is 9.99. The van der Waals surface area contributed by atoms with Crippen molar-refractivity contribution in [2.45, 2.75) is 13.5 Å². The second-order valence-electron chi connectivity index (χ2n) is 4.40. The van der Waals surface area contributed by atoms with Crippen LogP contribution in [0.3, 0.4) is 0 Å². The Balaban J connectivity index is 0.00000220. The van der Waals surface area contributed by atoms with Gasteiger partial charge in [-0.25, -0.2) is 4.57 Å². The zero-order chi connectivity index (χ0) is 14.4. The number of halogens is 1. The van der Waals surface area contributed by atoms with Crippen LogP contribution in [0.2, 0.25) is 0 Å². The topological polar surface area (TPSA) is 22.3 Å². The summed E-state index contributed by atoms with van der Waals surface area (Å²) in [5, 5.41) is 0. The molecule has 0 bridgehead atoms. The Morgan fingerprint density at radius 3 is 2.29 bits per heavy atom. The van der Waals surface area contributed by atoms with E-state index >= 15 is 0 Å². The van der Waals surface area contributed by atoms with Crippen LogP contribution in [0.5, 0.6) is 11.5 Å². The molecule has 21 heavy (non-hydrogen) atoms. The molecule has 2 aromatic rings. The molecule has 0 saturated heterocycles. The Bertz CT molecular complexity index is 594. The number of hydrogen-bond acceptors (Lipinski definition) is 2. The van der Waals surface area contributed by atoms with Crippen molar-refractivity contribution in [2.75, 3.05) is 14.2 Å². The van der Waals surface area contributed by atoms with Gasteiger partial charge in [-0.3, -0.25) is 0 Å². The van der Waals surface area contributed by atoms with Crippen molar-refractivity contribution in [3.8, 4) is 11.5 Å². The first kappa shape index (κ1) is 17.5. The number of nitrogens with zero attached hydrogens (tertiary/aromatic N) is 1. The van der Waals surface area contributed by atoms with Gasteiger partial charge >= 0.3 is 0 Å². The summed E-state index contributed by atoms with van der Waals surface area (Å²) in [7, 11) is 3.32. The predicted octanol–water partition coefficient (Wildman–Crippen LogP) is 0.186. The normalized spacial score (nSPS) is 10.2. The predicted molar refractivity (Wildman–Crippen MR) is 80.8 cm³/mol. The van der Waals surface area contributed by atoms with Crippen LogP contribution < -0.4 is 38.0 Å². The molecule has 0 aliphatic rings. The van der Waals surface area contributed by atoms with Crippen molar-refractivity contribution in [2.24, 2.45) is 0 Å². The van der Waals surface area contributed by atoms with Gasteiger partial charge in [0, 0.05) is 23.8 Å². The molecule has 2 rings (SSSR count). The molecule has 1 aromatic heterocycles. The quantitative estimate of drug-likeness (QED) is 0.531. The molecule has 0 aliphatic heterocycles. The molecule has 0 spiro atoms. The average Bonchev–Trinajstić information content (AvgIpc) is 2.53. The zero-order valence-corrected chi connectivity index (χ0v) is 14.7. The Labute approximate surface area is 143 Å². The van der Waals surface area contributed by atoms with E-state index in [0.29, 0.717) is 0 Å². The van der Waals surface area contributed by atoms with E-state index in [4.69, 9.17) is 9.47 Å². The molecular weight excluding hydrogens is 377 g/mol. The fourth-order valence-electron chi connectivity index (χ4n) is 1.93. The Morgan fingerprint density at radius 1 is 1.00 bits per heavy atom. The number of benzene rings is 1. The third-order valence-corrected chi connectivity index (χ3v) is 3.18. The first-order valence-electron chi connectivity index (χ1n) is 6.66. The molecule has 0 N–H and O–H groups in total. The molecule has 112 valence electrons. The molecule has 0 saturated carbocycles. The number of methoxy groups -OCH3 is 2. The summed E-state index contributed by atoms with van der Waals surface area (Å²) >= 11 is 0. The van der Waals surface area contributed by atoms with Crippen LogP contribution in [0.1, 0.15) is 18.1 Å². The number of pyridine rings is 1. The van der Waals surface area contributed by atoms with Gasteiger partial charge in [-0.15, -0.1) is 0 Å². The Kier molecular flexibility index (Phi) is 7.22. The van der Waals surface area contributed by atoms with Crippen molar-refractivity contribution in [1.82, 2.24) is 0 Å². The van der Waals surface area contributed by atoms with Crippen LogP contribution in [0.4, 0.5) is 0 Å². The van der Waals surface area contributed by atoms with E-state index in [2.05, 4.69) is 42.1 Å². The maximum atomic E-state index is 5.38. The van der Waals surface area contributed by atoms with Gasteiger partial charge in [0.1, 0.15) is 18.0 Å². The van der Waals surface area contributed by atoms with E-state index in [0.717, 1.165) is 29.2 Å². The molecule has 1 aromatic carbocycles. The minimum atomic E-state index is 0. The van der Waals surface area contributed by atoms with E-state index in [1.807, 2.05) is 24.3 Å². The number of rotatable bonds is 5. The third kappa shape index (κ3) is 4.74. The van der Waals surface area contributed by atoms with E-state index in [1.54, 1.807) is 14.2 Å². The molecule has 0 fully saturated rings. The van der Waals surface area contributed by atoms with Gasteiger partial charge in [0.2, 0.25) is 0 Å². The lowest BCUT2D eigenvalue weighted by Crippen LogP contribution is -3.00. The molecule has 0 unspecified atom stereocenters. The second-order valence-corrected chi connectivity index (χ2v) is 4.40. The minimum Gasteiger partial charge on any atom is -1.00 e. The van der Waals surface area contributed by atoms with Crippen LogP contribution in [0, 0.1) is 0 Å². The van der Waals surface area contributed by atoms with Crippen molar-refractivity contribution in [3.63, 3.8) is 0 Å². The zero-order valence-electron chi connectivity index (χ0n) is 12.5. The van der Waals surface area contributed by atoms with Gasteiger partial charge in [0.05, 0.1) is 14.2 Å². The minimum absolute atomic E-state index is 0. The largest absolute Gasteiger partial charge is 1.00 e. The van der Waals surface area contributed by atoms with Crippen molar-refractivity contribution >= 4 is 12.2 Å². The highest BCUT2D eigenvalue weighted by Crippen LogP contribution is 2.26. The summed E-state index contributed by atoms with van der Waals surface area (Å²) in [6.07, 6.45) is 8.27. The number of ether oxygens (including phenoxy) is 2. The smallest absolute Gasteiger partial charge is 0.169 e. The molecule has 1 heterocycles. The lowest BCUT2D eigenvalue weighted by molar-refractivity contribution is -0.693. The number of aromatic nitrogens is 1. The summed E-state index contributed by atoms with van der Waals surface area (Å²) in [5.74, 6) is 1.60. The van der Waals surface area contributed by atoms with E-state index in [9.17, 15) is 0 Å². The highest BCUT2D eigenvalue weighted by molar-refractivity contribution is 5.72. The van der Waals surface area contributed by atoms with Gasteiger partial charge in [-0.05, 0) is 24.6 Å². The molecule has 0 atom stereocenters. The lowest BCUT2D eigenvalue weighted by atomic mass is 10.1. The van der Waals surface area contributed by atoms with Gasteiger partial charge in [0.15, 0.2) is 12.4 Å². The third-order valence-electron chi connectivity index (χ3n) is 3.18. The first-order valence-corrected chi connectivity index (χ1v) is 6.66. The second kappa shape index (κ2) is 8.67. The maximum absolute atomic E-state index is 5.38. The van der Waals surface area contributed by atoms with Gasteiger partial charge in [-0.1, -0.05) is 12.2 Å². The van der Waals surface area contributed by atoms with E-state index < -0.39 is 0 Å². The van der Waals surface area contributed by atoms with Crippen LogP contribution in [-0.2, 0) is 6.54 Å². The number of aryl methyl sites for hydroxylation is 1. The van der Waals surface area contributed by atoms with Gasteiger partial charge in [0.25, 0.3) is 0 Å². The molecular formula is C17H20INO2. The first-order chi connectivity index (χ1) is 9.76. The van der Waals surface area contributed by atoms with Gasteiger partial charge < -0.3 is 33.5 Å². The molecule has 0 aliphatic carbocycles. The fourth-order valence-corrected chi connectivity index (χ4v) is 1.93. The maximum Gasteiger partial charge on any atom is 0.169 e. The monoisotopic (exact) mass is 397 g/mol. The highest BCUT2D eigenvalue weighted by atomic mass is 127. The van der Waals surface area contributed by atoms with Crippen molar-refractivity contribution < 1.29 is 38.0 Å². The van der Waals surface area contributed by atoms with Crippen molar-refractivity contribution in [3.05, 3.63) is 53.9 Å².